The number of rotatable bonds is 50. The van der Waals surface area contributed by atoms with E-state index in [1.165, 1.54) is 68.0 Å². The summed E-state index contributed by atoms with van der Waals surface area (Å²) in [7, 11) is 0. The van der Waals surface area contributed by atoms with Gasteiger partial charge in [0.15, 0.2) is 11.9 Å². The molecular weight excluding hydrogens is 1520 g/mol. The SMILES string of the molecule is CC(C)C[C@H](NC(=O)[C@H](Cc1ccccc1)NC(=O)[C@H](CCCN=C(N)N)NC(=O)[C@H](C)NC(=O)[C@H](CC(=O)O)NC(=O)[C@H](CO)NC(=O)CN)C(=O)N[C@@H](CCCN=C(N)N)C(=O)NCC(=O)N[C@@H](Cc1ccc(O)cc1)C(=O)N[C@@H](Cc1c[nH]cn1)C(=O)N[C@@H](CC(C)C)C(=O)N[C@@H](Cc1ccc(O)cc1)C(=O)N[C@@H](C)C(=O)O. The van der Waals surface area contributed by atoms with E-state index < -0.39 is 187 Å². The van der Waals surface area contributed by atoms with Crippen LogP contribution in [0.5, 0.6) is 11.5 Å². The lowest BCUT2D eigenvalue weighted by molar-refractivity contribution is -0.142. The fraction of sp³-hybridized carbons (Fsp3) is 0.486. The summed E-state index contributed by atoms with van der Waals surface area (Å²) >= 11 is 0. The van der Waals surface area contributed by atoms with Crippen molar-refractivity contribution in [2.24, 2.45) is 50.5 Å². The summed E-state index contributed by atoms with van der Waals surface area (Å²) < 4.78 is 0. The van der Waals surface area contributed by atoms with Gasteiger partial charge in [-0.25, -0.2) is 4.98 Å². The van der Waals surface area contributed by atoms with Crippen molar-refractivity contribution in [3.05, 3.63) is 114 Å². The van der Waals surface area contributed by atoms with Crippen LogP contribution >= 0.6 is 0 Å². The van der Waals surface area contributed by atoms with Gasteiger partial charge >= 0.3 is 11.9 Å². The van der Waals surface area contributed by atoms with Crippen LogP contribution in [-0.2, 0) is 97.6 Å². The normalized spacial score (nSPS) is 14.1. The van der Waals surface area contributed by atoms with Crippen molar-refractivity contribution in [3.63, 3.8) is 0 Å². The van der Waals surface area contributed by atoms with Crippen LogP contribution in [0.3, 0.4) is 0 Å². The molecule has 0 aliphatic rings. The number of nitrogens with zero attached hydrogens (tertiary/aromatic N) is 3. The van der Waals surface area contributed by atoms with Crippen molar-refractivity contribution < 1.29 is 97.5 Å². The van der Waals surface area contributed by atoms with Crippen molar-refractivity contribution in [2.75, 3.05) is 32.8 Å². The minimum Gasteiger partial charge on any atom is -0.508 e. The van der Waals surface area contributed by atoms with E-state index in [1.54, 1.807) is 58.0 Å². The lowest BCUT2D eigenvalue weighted by atomic mass is 10.00. The first kappa shape index (κ1) is 95.4. The number of phenolic OH excluding ortho intramolecular Hbond substituents is 2. The number of aliphatic hydroxyl groups excluding tert-OH is 1. The summed E-state index contributed by atoms with van der Waals surface area (Å²) in [4.78, 5) is 221. The molecule has 42 nitrogen and oxygen atoms in total. The first-order chi connectivity index (χ1) is 54.8. The number of aromatic amines is 1. The second-order valence-electron chi connectivity index (χ2n) is 28.1. The van der Waals surface area contributed by atoms with Crippen molar-refractivity contribution in [2.45, 2.75) is 185 Å². The van der Waals surface area contributed by atoms with Gasteiger partial charge in [-0.3, -0.25) is 81.9 Å². The number of carbonyl (C=O) groups excluding carboxylic acids is 13. The molecule has 0 fully saturated rings. The second-order valence-corrected chi connectivity index (χ2v) is 28.1. The van der Waals surface area contributed by atoms with Gasteiger partial charge in [-0.05, 0) is 105 Å². The molecular formula is C74H108N22O20. The van der Waals surface area contributed by atoms with Gasteiger partial charge in [0, 0.05) is 45.0 Å². The minimum atomic E-state index is -1.88. The monoisotopic (exact) mass is 1620 g/mol. The summed E-state index contributed by atoms with van der Waals surface area (Å²) in [6, 6.07) is 0.986. The van der Waals surface area contributed by atoms with Gasteiger partial charge in [-0.2, -0.15) is 0 Å². The van der Waals surface area contributed by atoms with E-state index in [1.807, 2.05) is 0 Å². The molecule has 1 heterocycles. The van der Waals surface area contributed by atoms with Gasteiger partial charge in [-0.1, -0.05) is 82.3 Å². The molecule has 0 aliphatic carbocycles. The number of aromatic hydroxyl groups is 2. The van der Waals surface area contributed by atoms with Crippen LogP contribution < -0.4 is 97.8 Å². The van der Waals surface area contributed by atoms with Crippen molar-refractivity contribution >= 4 is 101 Å². The maximum absolute atomic E-state index is 14.8. The first-order valence-electron chi connectivity index (χ1n) is 37.2. The smallest absolute Gasteiger partial charge is 0.325 e. The van der Waals surface area contributed by atoms with E-state index >= 15 is 0 Å². The topological polar surface area (TPSA) is 697 Å². The third-order valence-electron chi connectivity index (χ3n) is 17.3. The van der Waals surface area contributed by atoms with Gasteiger partial charge in [-0.15, -0.1) is 0 Å². The predicted octanol–water partition coefficient (Wildman–Crippen LogP) is -6.23. The van der Waals surface area contributed by atoms with Crippen LogP contribution in [0.1, 0.15) is 109 Å². The lowest BCUT2D eigenvalue weighted by Crippen LogP contribution is -2.60. The summed E-state index contributed by atoms with van der Waals surface area (Å²) in [5.74, 6) is -17.2. The number of carboxylic acids is 2. The molecule has 3 aromatic carbocycles. The average Bonchev–Trinajstić information content (AvgIpc) is 1.21. The number of aliphatic carboxylic acids is 2. The number of guanidine groups is 2. The number of H-pyrrole nitrogens is 1. The van der Waals surface area contributed by atoms with Gasteiger partial charge in [0.2, 0.25) is 76.8 Å². The summed E-state index contributed by atoms with van der Waals surface area (Å²) in [5, 5.41) is 81.3. The largest absolute Gasteiger partial charge is 0.508 e. The Morgan fingerprint density at radius 3 is 1.22 bits per heavy atom. The molecule has 0 aliphatic heterocycles. The third-order valence-corrected chi connectivity index (χ3v) is 17.3. The molecule has 0 radical (unpaired) electrons. The van der Waals surface area contributed by atoms with Crippen LogP contribution in [0, 0.1) is 11.8 Å². The molecule has 0 saturated carbocycles. The average molecular weight is 1630 g/mol. The number of hydrogen-bond acceptors (Lipinski definition) is 22. The zero-order valence-corrected chi connectivity index (χ0v) is 65.1. The number of carbonyl (C=O) groups is 15. The molecule has 29 N–H and O–H groups in total. The number of phenols is 2. The van der Waals surface area contributed by atoms with Gasteiger partial charge < -0.3 is 128 Å². The number of imidazole rings is 1. The highest BCUT2D eigenvalue weighted by Gasteiger charge is 2.37. The molecule has 116 heavy (non-hydrogen) atoms. The molecule has 0 spiro atoms. The third kappa shape index (κ3) is 35.4. The van der Waals surface area contributed by atoms with Gasteiger partial charge in [0.1, 0.15) is 84.0 Å². The number of carboxylic acid groups (broad SMARTS) is 2. The number of benzene rings is 3. The van der Waals surface area contributed by atoms with Gasteiger partial charge in [0.25, 0.3) is 0 Å². The zero-order valence-electron chi connectivity index (χ0n) is 65.1. The van der Waals surface area contributed by atoms with E-state index in [2.05, 4.69) is 89.1 Å². The zero-order chi connectivity index (χ0) is 86.3. The Hall–Kier alpha value is -13.0. The van der Waals surface area contributed by atoms with E-state index in [0.717, 1.165) is 6.92 Å². The number of aliphatic imine (C=N–C) groups is 2. The fourth-order valence-corrected chi connectivity index (χ4v) is 11.3. The molecule has 0 saturated heterocycles. The van der Waals surface area contributed by atoms with Crippen LogP contribution in [0.2, 0.25) is 0 Å². The van der Waals surface area contributed by atoms with Crippen molar-refractivity contribution in [3.8, 4) is 11.5 Å². The Labute approximate surface area is 667 Å². The minimum absolute atomic E-state index is 0.0223. The fourth-order valence-electron chi connectivity index (χ4n) is 11.3. The van der Waals surface area contributed by atoms with Crippen molar-refractivity contribution in [1.29, 1.82) is 0 Å². The molecule has 0 bridgehead atoms. The Morgan fingerprint density at radius 1 is 0.422 bits per heavy atom. The molecule has 1 aromatic heterocycles. The standard InChI is InChI=1S/C74H108N22O20/c1-38(2)26-50(91-69(112)54(28-42-12-8-7-9-13-42)93-63(106)49(15-11-25-82-74(78)79)89-61(104)40(5)85-65(108)56(32-60(102)103)96-71(114)57(36-97)88-58(100)33-75)66(109)90-48(14-10-24-81-73(76)77)62(105)83-35-59(101)87-52(29-43-16-20-46(98)21-17-43)68(111)95-55(31-45-34-80-37-84-45)70(113)92-51(27-39(3)4)67(110)94-53(64(107)86-41(6)72(115)116)30-44-18-22-47(99)23-19-44/h7-9,12-13,16-23,34,37-41,48-57,97-99H,10-11,14-15,24-33,35-36,75H2,1-6H3,(H,80,84)(H,83,105)(H,85,108)(H,86,107)(H,87,101)(H,88,100)(H,89,104)(H,90,109)(H,91,112)(H,92,113)(H,93,106)(H,94,110)(H,95,111)(H,96,114)(H,102,103)(H,115,116)(H4,76,77,81)(H4,78,79,82)/t40-,41-,48-,49-,50-,51-,52-,53-,54-,55-,56-,57-/m0/s1. The summed E-state index contributed by atoms with van der Waals surface area (Å²) in [6.07, 6.45) is 0.207. The molecule has 4 aromatic rings. The predicted molar refractivity (Wildman–Crippen MR) is 418 cm³/mol. The quantitative estimate of drug-likeness (QED) is 0.0111. The number of hydrogen-bond donors (Lipinski definition) is 24. The highest BCUT2D eigenvalue weighted by molar-refractivity contribution is 6.00. The number of aromatic nitrogens is 2. The molecule has 13 amide bonds. The highest BCUT2D eigenvalue weighted by atomic mass is 16.4. The summed E-state index contributed by atoms with van der Waals surface area (Å²) in [5.41, 5.74) is 29.1. The van der Waals surface area contributed by atoms with Crippen LogP contribution in [0.25, 0.3) is 0 Å². The number of amides is 13. The van der Waals surface area contributed by atoms with Crippen LogP contribution in [0.15, 0.2) is 101 Å². The molecule has 42 heteroatoms. The maximum Gasteiger partial charge on any atom is 0.325 e. The Bertz CT molecular complexity index is 4030. The van der Waals surface area contributed by atoms with E-state index in [0.29, 0.717) is 16.7 Å². The van der Waals surface area contributed by atoms with E-state index in [-0.39, 0.29) is 118 Å². The molecule has 4 rings (SSSR count). The summed E-state index contributed by atoms with van der Waals surface area (Å²) in [6.45, 7) is 6.76. The number of aliphatic hydroxyl groups is 1. The van der Waals surface area contributed by atoms with Crippen LogP contribution in [-0.4, -0.2) is 241 Å². The van der Waals surface area contributed by atoms with Crippen LogP contribution in [0.4, 0.5) is 0 Å². The Morgan fingerprint density at radius 2 is 0.793 bits per heavy atom. The van der Waals surface area contributed by atoms with E-state index in [9.17, 15) is 97.5 Å². The second kappa shape index (κ2) is 48.8. The highest BCUT2D eigenvalue weighted by Crippen LogP contribution is 2.17. The van der Waals surface area contributed by atoms with Gasteiger partial charge in [0.05, 0.1) is 38.1 Å². The van der Waals surface area contributed by atoms with E-state index in [4.69, 9.17) is 28.7 Å². The Balaban J connectivity index is 1.63. The first-order valence-corrected chi connectivity index (χ1v) is 37.2. The Kier molecular flexibility index (Phi) is 40.1. The van der Waals surface area contributed by atoms with Crippen molar-refractivity contribution in [1.82, 2.24) is 79.1 Å². The number of nitrogens with one attached hydrogen (secondary N) is 14. The molecule has 0 unspecified atom stereocenters. The molecule has 12 atom stereocenters. The molecule has 634 valence electrons. The maximum atomic E-state index is 14.8. The number of nitrogens with two attached hydrogens (primary N) is 5. The lowest BCUT2D eigenvalue weighted by Gasteiger charge is -2.28.